The lowest BCUT2D eigenvalue weighted by Crippen LogP contribution is -2.20. The fourth-order valence-corrected chi connectivity index (χ4v) is 3.51. The van der Waals surface area contributed by atoms with Crippen molar-refractivity contribution in [1.82, 2.24) is 15.3 Å². The molecule has 6 nitrogen and oxygen atoms in total. The Morgan fingerprint density at radius 3 is 2.52 bits per heavy atom. The molecule has 0 fully saturated rings. The van der Waals surface area contributed by atoms with Crippen LogP contribution in [0.5, 0.6) is 11.8 Å². The van der Waals surface area contributed by atoms with E-state index in [1.54, 1.807) is 20.3 Å². The van der Waals surface area contributed by atoms with E-state index in [1.165, 1.54) is 17.3 Å². The zero-order valence-corrected chi connectivity index (χ0v) is 14.9. The van der Waals surface area contributed by atoms with Gasteiger partial charge in [-0.25, -0.2) is 0 Å². The van der Waals surface area contributed by atoms with Gasteiger partial charge in [0, 0.05) is 11.4 Å². The summed E-state index contributed by atoms with van der Waals surface area (Å²) in [5, 5.41) is 13.1. The van der Waals surface area contributed by atoms with E-state index in [4.69, 9.17) is 9.47 Å². The van der Waals surface area contributed by atoms with Gasteiger partial charge in [-0.05, 0) is 48.0 Å². The first kappa shape index (κ1) is 17.3. The number of benzene rings is 1. The second-order valence-electron chi connectivity index (χ2n) is 5.34. The number of methoxy groups -OCH3 is 2. The second-order valence-corrected chi connectivity index (χ2v) is 6.35. The number of rotatable bonds is 5. The molecule has 0 atom stereocenters. The summed E-state index contributed by atoms with van der Waals surface area (Å²) in [5.41, 5.74) is 2.98. The molecule has 1 aromatic carbocycles. The minimum absolute atomic E-state index is 0.438. The number of hydrogen-bond donors (Lipinski definition) is 1. The second kappa shape index (κ2) is 8.01. The van der Waals surface area contributed by atoms with Gasteiger partial charge in [0.2, 0.25) is 11.8 Å². The predicted octanol–water partition coefficient (Wildman–Crippen LogP) is 2.89. The molecule has 0 radical (unpaired) electrons. The highest BCUT2D eigenvalue weighted by Gasteiger charge is 2.15. The molecule has 0 unspecified atom stereocenters. The van der Waals surface area contributed by atoms with Gasteiger partial charge in [-0.2, -0.15) is 15.2 Å². The average Bonchev–Trinajstić information content (AvgIpc) is 2.68. The number of aromatic nitrogens is 2. The molecule has 25 heavy (non-hydrogen) atoms. The Bertz CT molecular complexity index is 823. The standard InChI is InChI=1S/C18H18N4O2S/c1-23-16-10-17(24-2)22-18(21-16)25-15-9-12(11-19)3-4-14(15)13-5-7-20-8-6-13/h3-5,9-10,20H,6-8H2,1-2H3. The first-order valence-electron chi connectivity index (χ1n) is 7.82. The molecular weight excluding hydrogens is 336 g/mol. The highest BCUT2D eigenvalue weighted by molar-refractivity contribution is 7.99. The Kier molecular flexibility index (Phi) is 5.53. The molecule has 1 aliphatic heterocycles. The van der Waals surface area contributed by atoms with Gasteiger partial charge >= 0.3 is 0 Å². The molecule has 128 valence electrons. The van der Waals surface area contributed by atoms with Crippen LogP contribution >= 0.6 is 11.8 Å². The van der Waals surface area contributed by atoms with Crippen molar-refractivity contribution in [3.63, 3.8) is 0 Å². The average molecular weight is 354 g/mol. The summed E-state index contributed by atoms with van der Waals surface area (Å²) >= 11 is 1.40. The SMILES string of the molecule is COc1cc(OC)nc(Sc2cc(C#N)ccc2C2=CCNCC2)n1. The van der Waals surface area contributed by atoms with Crippen molar-refractivity contribution >= 4 is 17.3 Å². The molecule has 0 saturated heterocycles. The summed E-state index contributed by atoms with van der Waals surface area (Å²) < 4.78 is 10.4. The lowest BCUT2D eigenvalue weighted by molar-refractivity contribution is 0.364. The molecule has 0 spiro atoms. The smallest absolute Gasteiger partial charge is 0.220 e. The van der Waals surface area contributed by atoms with Crippen molar-refractivity contribution < 1.29 is 9.47 Å². The van der Waals surface area contributed by atoms with Crippen LogP contribution in [0, 0.1) is 11.3 Å². The molecule has 2 heterocycles. The largest absolute Gasteiger partial charge is 0.481 e. The maximum absolute atomic E-state index is 9.24. The normalized spacial score (nSPS) is 13.7. The van der Waals surface area contributed by atoms with Crippen molar-refractivity contribution in [3.8, 4) is 17.8 Å². The summed E-state index contributed by atoms with van der Waals surface area (Å²) in [6.45, 7) is 1.79. The fraction of sp³-hybridized carbons (Fsp3) is 0.278. The van der Waals surface area contributed by atoms with Crippen molar-refractivity contribution in [1.29, 1.82) is 5.26 Å². The number of nitrogens with one attached hydrogen (secondary N) is 1. The zero-order chi connectivity index (χ0) is 17.6. The number of nitriles is 1. The minimum Gasteiger partial charge on any atom is -0.481 e. The Morgan fingerprint density at radius 1 is 1.16 bits per heavy atom. The van der Waals surface area contributed by atoms with E-state index >= 15 is 0 Å². The fourth-order valence-electron chi connectivity index (χ4n) is 2.55. The lowest BCUT2D eigenvalue weighted by atomic mass is 9.99. The van der Waals surface area contributed by atoms with Gasteiger partial charge in [0.05, 0.1) is 31.9 Å². The van der Waals surface area contributed by atoms with Crippen LogP contribution in [-0.4, -0.2) is 37.3 Å². The molecule has 0 aliphatic carbocycles. The topological polar surface area (TPSA) is 80.1 Å². The van der Waals surface area contributed by atoms with Gasteiger partial charge in [-0.15, -0.1) is 0 Å². The Hall–Kier alpha value is -2.56. The summed E-state index contributed by atoms with van der Waals surface area (Å²) in [5.74, 6) is 0.877. The third-order valence-electron chi connectivity index (χ3n) is 3.80. The van der Waals surface area contributed by atoms with Crippen molar-refractivity contribution in [3.05, 3.63) is 41.5 Å². The van der Waals surface area contributed by atoms with Crippen molar-refractivity contribution in [2.24, 2.45) is 0 Å². The van der Waals surface area contributed by atoms with Crippen LogP contribution in [0.4, 0.5) is 0 Å². The highest BCUT2D eigenvalue weighted by Crippen LogP contribution is 2.35. The Balaban J connectivity index is 2.01. The van der Waals surface area contributed by atoms with Crippen LogP contribution in [0.25, 0.3) is 5.57 Å². The summed E-state index contributed by atoms with van der Waals surface area (Å²) in [4.78, 5) is 9.69. The molecule has 2 aromatic rings. The van der Waals surface area contributed by atoms with Gasteiger partial charge in [0.1, 0.15) is 0 Å². The van der Waals surface area contributed by atoms with E-state index in [0.29, 0.717) is 22.5 Å². The summed E-state index contributed by atoms with van der Waals surface area (Å²) in [6, 6.07) is 9.54. The lowest BCUT2D eigenvalue weighted by Gasteiger charge is -2.17. The first-order chi connectivity index (χ1) is 12.2. The first-order valence-corrected chi connectivity index (χ1v) is 8.64. The number of ether oxygens (including phenoxy) is 2. The summed E-state index contributed by atoms with van der Waals surface area (Å²) in [6.07, 6.45) is 3.13. The van der Waals surface area contributed by atoms with E-state index in [9.17, 15) is 5.26 Å². The Labute approximate surface area is 150 Å². The molecule has 7 heteroatoms. The zero-order valence-electron chi connectivity index (χ0n) is 14.1. The van der Waals surface area contributed by atoms with Crippen LogP contribution in [0.2, 0.25) is 0 Å². The molecule has 0 amide bonds. The molecule has 1 N–H and O–H groups in total. The highest BCUT2D eigenvalue weighted by atomic mass is 32.2. The van der Waals surface area contributed by atoms with E-state index in [1.807, 2.05) is 18.2 Å². The predicted molar refractivity (Wildman–Crippen MR) is 95.9 cm³/mol. The van der Waals surface area contributed by atoms with Crippen LogP contribution in [-0.2, 0) is 0 Å². The van der Waals surface area contributed by atoms with Gasteiger partial charge in [0.25, 0.3) is 0 Å². The van der Waals surface area contributed by atoms with Crippen molar-refractivity contribution in [2.45, 2.75) is 16.5 Å². The van der Waals surface area contributed by atoms with E-state index in [-0.39, 0.29) is 0 Å². The molecule has 1 aliphatic rings. The molecular formula is C18H18N4O2S. The third kappa shape index (κ3) is 4.10. The molecule has 0 bridgehead atoms. The summed E-state index contributed by atoms with van der Waals surface area (Å²) in [7, 11) is 3.11. The van der Waals surface area contributed by atoms with Crippen molar-refractivity contribution in [2.75, 3.05) is 27.3 Å². The van der Waals surface area contributed by atoms with Crippen LogP contribution in [0.15, 0.2) is 40.4 Å². The monoisotopic (exact) mass is 354 g/mol. The minimum atomic E-state index is 0.438. The molecule has 0 saturated carbocycles. The quantitative estimate of drug-likeness (QED) is 0.827. The van der Waals surface area contributed by atoms with Crippen LogP contribution in [0.1, 0.15) is 17.5 Å². The van der Waals surface area contributed by atoms with Gasteiger partial charge in [-0.1, -0.05) is 12.1 Å². The Morgan fingerprint density at radius 2 is 1.92 bits per heavy atom. The molecule has 3 rings (SSSR count). The van der Waals surface area contributed by atoms with Gasteiger partial charge < -0.3 is 14.8 Å². The van der Waals surface area contributed by atoms with Gasteiger partial charge in [-0.3, -0.25) is 0 Å². The molecule has 1 aromatic heterocycles. The maximum Gasteiger partial charge on any atom is 0.220 e. The third-order valence-corrected chi connectivity index (χ3v) is 4.72. The van der Waals surface area contributed by atoms with E-state index < -0.39 is 0 Å². The van der Waals surface area contributed by atoms with Crippen LogP contribution < -0.4 is 14.8 Å². The van der Waals surface area contributed by atoms with E-state index in [0.717, 1.165) is 30.0 Å². The maximum atomic E-state index is 9.24. The number of hydrogen-bond acceptors (Lipinski definition) is 7. The number of nitrogens with zero attached hydrogens (tertiary/aromatic N) is 3. The van der Waals surface area contributed by atoms with Crippen LogP contribution in [0.3, 0.4) is 0 Å². The van der Waals surface area contributed by atoms with Gasteiger partial charge in [0.15, 0.2) is 5.16 Å². The van der Waals surface area contributed by atoms with E-state index in [2.05, 4.69) is 27.4 Å².